The van der Waals surface area contributed by atoms with E-state index in [0.717, 1.165) is 61.2 Å². The molecule has 222 valence electrons. The molecule has 0 spiro atoms. The Hall–Kier alpha value is -6.39. The predicted molar refractivity (Wildman–Crippen MR) is 192 cm³/mol. The van der Waals surface area contributed by atoms with Gasteiger partial charge in [0.1, 0.15) is 11.1 Å². The topological polar surface area (TPSA) is 42.4 Å². The summed E-state index contributed by atoms with van der Waals surface area (Å²) in [6.45, 7) is 0. The number of furan rings is 1. The third-order valence-electron chi connectivity index (χ3n) is 8.71. The number of oxazole rings is 1. The normalized spacial score (nSPS) is 11.4. The molecule has 0 saturated heterocycles. The van der Waals surface area contributed by atoms with Gasteiger partial charge in [0.05, 0.1) is 5.69 Å². The second-order valence-corrected chi connectivity index (χ2v) is 11.6. The van der Waals surface area contributed by atoms with Crippen LogP contribution in [0.3, 0.4) is 0 Å². The Bertz CT molecular complexity index is 2480. The molecule has 0 amide bonds. The van der Waals surface area contributed by atoms with E-state index in [2.05, 4.69) is 120 Å². The van der Waals surface area contributed by atoms with Crippen molar-refractivity contribution in [2.24, 2.45) is 0 Å². The Morgan fingerprint density at radius 1 is 0.404 bits per heavy atom. The average Bonchev–Trinajstić information content (AvgIpc) is 3.73. The van der Waals surface area contributed by atoms with Gasteiger partial charge in [-0.25, -0.2) is 4.98 Å². The molecule has 47 heavy (non-hydrogen) atoms. The maximum Gasteiger partial charge on any atom is 0.227 e. The molecule has 7 aromatic carbocycles. The molecule has 0 aliphatic heterocycles. The fourth-order valence-electron chi connectivity index (χ4n) is 6.38. The molecule has 4 heteroatoms. The van der Waals surface area contributed by atoms with Gasteiger partial charge in [-0.15, -0.1) is 0 Å². The lowest BCUT2D eigenvalue weighted by Gasteiger charge is -2.25. The first-order chi connectivity index (χ1) is 23.3. The van der Waals surface area contributed by atoms with E-state index in [9.17, 15) is 0 Å². The summed E-state index contributed by atoms with van der Waals surface area (Å²) in [4.78, 5) is 7.03. The van der Waals surface area contributed by atoms with Gasteiger partial charge < -0.3 is 13.7 Å². The van der Waals surface area contributed by atoms with Crippen molar-refractivity contribution in [2.45, 2.75) is 0 Å². The monoisotopic (exact) mass is 604 g/mol. The van der Waals surface area contributed by atoms with E-state index in [1.807, 2.05) is 54.6 Å². The molecule has 0 atom stereocenters. The van der Waals surface area contributed by atoms with E-state index >= 15 is 0 Å². The summed E-state index contributed by atoms with van der Waals surface area (Å²) in [6, 6.07) is 58.7. The largest absolute Gasteiger partial charge is 0.454 e. The Morgan fingerprint density at radius 2 is 0.957 bits per heavy atom. The lowest BCUT2D eigenvalue weighted by Crippen LogP contribution is -2.10. The summed E-state index contributed by atoms with van der Waals surface area (Å²) in [5.41, 5.74) is 11.8. The van der Waals surface area contributed by atoms with E-state index < -0.39 is 0 Å². The molecule has 0 fully saturated rings. The smallest absolute Gasteiger partial charge is 0.227 e. The highest BCUT2D eigenvalue weighted by Gasteiger charge is 2.20. The van der Waals surface area contributed by atoms with Gasteiger partial charge >= 0.3 is 0 Å². The van der Waals surface area contributed by atoms with Crippen molar-refractivity contribution in [1.29, 1.82) is 0 Å². The Balaban J connectivity index is 1.12. The quantitative estimate of drug-likeness (QED) is 0.189. The Labute approximate surface area is 271 Å². The van der Waals surface area contributed by atoms with Crippen molar-refractivity contribution in [3.63, 3.8) is 0 Å². The maximum atomic E-state index is 6.65. The highest BCUT2D eigenvalue weighted by molar-refractivity contribution is 6.13. The number of benzene rings is 7. The van der Waals surface area contributed by atoms with Crippen molar-refractivity contribution in [1.82, 2.24) is 4.98 Å². The third-order valence-corrected chi connectivity index (χ3v) is 8.71. The second-order valence-electron chi connectivity index (χ2n) is 11.6. The summed E-state index contributed by atoms with van der Waals surface area (Å²) >= 11 is 0. The summed E-state index contributed by atoms with van der Waals surface area (Å²) in [7, 11) is 0. The average molecular weight is 605 g/mol. The zero-order chi connectivity index (χ0) is 31.2. The van der Waals surface area contributed by atoms with Gasteiger partial charge in [0.2, 0.25) is 5.89 Å². The maximum absolute atomic E-state index is 6.65. The molecule has 2 heterocycles. The lowest BCUT2D eigenvalue weighted by atomic mass is 10.00. The second kappa shape index (κ2) is 11.2. The summed E-state index contributed by atoms with van der Waals surface area (Å²) in [5, 5.41) is 2.01. The van der Waals surface area contributed by atoms with E-state index in [0.29, 0.717) is 5.89 Å². The lowest BCUT2D eigenvalue weighted by molar-refractivity contribution is 0.620. The van der Waals surface area contributed by atoms with Crippen LogP contribution in [0.4, 0.5) is 17.1 Å². The standard InChI is InChI=1S/C43H28N2O2/c1-4-11-29(12-5-1)30-19-21-31(22-20-30)32-23-25-35(26-24-32)45(34-15-8-3-9-16-34)39-18-10-17-36-37-27-41-38(28-40(37)46-42(36)39)44-43(47-41)33-13-6-2-7-14-33/h1-28H. The summed E-state index contributed by atoms with van der Waals surface area (Å²) in [6.07, 6.45) is 0. The first kappa shape index (κ1) is 27.0. The zero-order valence-corrected chi connectivity index (χ0v) is 25.4. The Morgan fingerprint density at radius 3 is 1.62 bits per heavy atom. The summed E-state index contributed by atoms with van der Waals surface area (Å²) < 4.78 is 12.9. The molecule has 0 radical (unpaired) electrons. The van der Waals surface area contributed by atoms with Crippen molar-refractivity contribution in [3.05, 3.63) is 170 Å². The fraction of sp³-hybridized carbons (Fsp3) is 0. The molecule has 2 aromatic heterocycles. The van der Waals surface area contributed by atoms with Crippen LogP contribution >= 0.6 is 0 Å². The van der Waals surface area contributed by atoms with Gasteiger partial charge in [0, 0.05) is 33.8 Å². The SMILES string of the molecule is c1ccc(-c2ccc(-c3ccc(N(c4ccccc4)c4cccc5c4oc4cc6nc(-c7ccccc7)oc6cc45)cc3)cc2)cc1. The van der Waals surface area contributed by atoms with Crippen molar-refractivity contribution >= 4 is 50.1 Å². The van der Waals surface area contributed by atoms with Gasteiger partial charge in [0.25, 0.3) is 0 Å². The van der Waals surface area contributed by atoms with Gasteiger partial charge in [-0.3, -0.25) is 0 Å². The number of hydrogen-bond donors (Lipinski definition) is 0. The first-order valence-electron chi connectivity index (χ1n) is 15.7. The van der Waals surface area contributed by atoms with E-state index in [-0.39, 0.29) is 0 Å². The van der Waals surface area contributed by atoms with Crippen LogP contribution in [-0.4, -0.2) is 4.98 Å². The highest BCUT2D eigenvalue weighted by Crippen LogP contribution is 2.43. The van der Waals surface area contributed by atoms with Crippen LogP contribution in [0, 0.1) is 0 Å². The van der Waals surface area contributed by atoms with Gasteiger partial charge in [-0.2, -0.15) is 0 Å². The van der Waals surface area contributed by atoms with Crippen LogP contribution in [0.2, 0.25) is 0 Å². The number of nitrogens with zero attached hydrogens (tertiary/aromatic N) is 2. The molecule has 4 nitrogen and oxygen atoms in total. The third kappa shape index (κ3) is 4.84. The molecule has 0 saturated carbocycles. The van der Waals surface area contributed by atoms with Crippen LogP contribution in [0.25, 0.3) is 66.7 Å². The molecule has 0 aliphatic rings. The Kier molecular flexibility index (Phi) is 6.43. The molecule has 9 rings (SSSR count). The number of anilines is 3. The molecule has 0 bridgehead atoms. The number of fused-ring (bicyclic) bond motifs is 4. The fourth-order valence-corrected chi connectivity index (χ4v) is 6.38. The zero-order valence-electron chi connectivity index (χ0n) is 25.4. The van der Waals surface area contributed by atoms with Crippen LogP contribution in [-0.2, 0) is 0 Å². The predicted octanol–water partition coefficient (Wildman–Crippen LogP) is 12.2. The minimum atomic E-state index is 0.601. The van der Waals surface area contributed by atoms with Crippen molar-refractivity contribution < 1.29 is 8.83 Å². The molecule has 0 unspecified atom stereocenters. The number of aromatic nitrogens is 1. The van der Waals surface area contributed by atoms with Crippen molar-refractivity contribution in [3.8, 4) is 33.7 Å². The van der Waals surface area contributed by atoms with Gasteiger partial charge in [-0.05, 0) is 70.8 Å². The van der Waals surface area contributed by atoms with E-state index in [1.165, 1.54) is 16.7 Å². The van der Waals surface area contributed by atoms with Crippen molar-refractivity contribution in [2.75, 3.05) is 4.90 Å². The van der Waals surface area contributed by atoms with Gasteiger partial charge in [0.15, 0.2) is 11.2 Å². The van der Waals surface area contributed by atoms with E-state index in [1.54, 1.807) is 0 Å². The van der Waals surface area contributed by atoms with E-state index in [4.69, 9.17) is 13.8 Å². The number of rotatable bonds is 6. The van der Waals surface area contributed by atoms with Gasteiger partial charge in [-0.1, -0.05) is 115 Å². The highest BCUT2D eigenvalue weighted by atomic mass is 16.4. The summed E-state index contributed by atoms with van der Waals surface area (Å²) in [5.74, 6) is 0.601. The number of hydrogen-bond acceptors (Lipinski definition) is 4. The number of para-hydroxylation sites is 2. The minimum absolute atomic E-state index is 0.601. The molecule has 0 aliphatic carbocycles. The molecule has 0 N–H and O–H groups in total. The van der Waals surface area contributed by atoms with Crippen LogP contribution in [0.5, 0.6) is 0 Å². The van der Waals surface area contributed by atoms with Crippen LogP contribution in [0.15, 0.2) is 179 Å². The molecule has 9 aromatic rings. The van der Waals surface area contributed by atoms with Crippen LogP contribution < -0.4 is 4.90 Å². The molecular weight excluding hydrogens is 576 g/mol. The first-order valence-corrected chi connectivity index (χ1v) is 15.7. The van der Waals surface area contributed by atoms with Crippen LogP contribution in [0.1, 0.15) is 0 Å². The molecular formula is C43H28N2O2. The minimum Gasteiger partial charge on any atom is -0.454 e.